The molecule has 6 aliphatic heterocycles. The topological polar surface area (TPSA) is 162 Å². The van der Waals surface area contributed by atoms with Crippen LogP contribution in [0.5, 0.6) is 11.5 Å². The lowest BCUT2D eigenvalue weighted by atomic mass is 9.85. The van der Waals surface area contributed by atoms with Crippen molar-refractivity contribution in [1.82, 2.24) is 34.7 Å². The summed E-state index contributed by atoms with van der Waals surface area (Å²) in [5.74, 6) is 1.47. The predicted octanol–water partition coefficient (Wildman–Crippen LogP) is 4.56. The molecule has 0 bridgehead atoms. The molecule has 15 heteroatoms. The first-order chi connectivity index (χ1) is 30.8. The van der Waals surface area contributed by atoms with E-state index < -0.39 is 11.9 Å². The van der Waals surface area contributed by atoms with Gasteiger partial charge in [0, 0.05) is 81.6 Å². The first kappa shape index (κ1) is 41.3. The fourth-order valence-corrected chi connectivity index (χ4v) is 10.9. The predicted molar refractivity (Wildman–Crippen MR) is 240 cm³/mol. The van der Waals surface area contributed by atoms with Gasteiger partial charge in [-0.25, -0.2) is 4.68 Å². The van der Waals surface area contributed by atoms with Gasteiger partial charge in [-0.2, -0.15) is 5.10 Å². The molecule has 4 saturated heterocycles. The molecular formula is C48H58N10O5. The van der Waals surface area contributed by atoms with Gasteiger partial charge in [0.05, 0.1) is 6.04 Å². The Morgan fingerprint density at radius 3 is 2.21 bits per heavy atom. The van der Waals surface area contributed by atoms with Crippen LogP contribution < -0.4 is 26.0 Å². The average molecular weight is 855 g/mol. The summed E-state index contributed by atoms with van der Waals surface area (Å²) < 4.78 is 8.07. The van der Waals surface area contributed by atoms with Gasteiger partial charge >= 0.3 is 0 Å². The van der Waals surface area contributed by atoms with Crippen molar-refractivity contribution < 1.29 is 23.9 Å². The third-order valence-corrected chi connectivity index (χ3v) is 14.5. The summed E-state index contributed by atoms with van der Waals surface area (Å²) in [4.78, 5) is 62.2. The van der Waals surface area contributed by atoms with E-state index in [1.54, 1.807) is 4.90 Å². The van der Waals surface area contributed by atoms with E-state index in [4.69, 9.17) is 15.6 Å². The van der Waals surface area contributed by atoms with Crippen LogP contribution in [0.25, 0.3) is 11.3 Å². The summed E-state index contributed by atoms with van der Waals surface area (Å²) >= 11 is 0. The monoisotopic (exact) mass is 854 g/mol. The third kappa shape index (κ3) is 8.53. The molecular weight excluding hydrogens is 797 g/mol. The van der Waals surface area contributed by atoms with Gasteiger partial charge in [-0.05, 0) is 131 Å². The number of primary amides is 1. The van der Waals surface area contributed by atoms with Crippen LogP contribution in [0.3, 0.4) is 0 Å². The molecule has 63 heavy (non-hydrogen) atoms. The molecule has 10 rings (SSSR count). The number of aromatic nitrogens is 2. The first-order valence-corrected chi connectivity index (χ1v) is 23.0. The molecule has 0 radical (unpaired) electrons. The summed E-state index contributed by atoms with van der Waals surface area (Å²) in [7, 11) is 0. The first-order valence-electron chi connectivity index (χ1n) is 23.0. The third-order valence-electron chi connectivity index (χ3n) is 14.5. The Hall–Kier alpha value is -5.77. The van der Waals surface area contributed by atoms with Gasteiger partial charge in [0.15, 0.2) is 0 Å². The van der Waals surface area contributed by atoms with Crippen LogP contribution in [-0.2, 0) is 16.1 Å². The van der Waals surface area contributed by atoms with E-state index in [1.807, 2.05) is 66.7 Å². The van der Waals surface area contributed by atoms with E-state index in [1.165, 1.54) is 12.8 Å². The van der Waals surface area contributed by atoms with E-state index >= 15 is 0 Å². The van der Waals surface area contributed by atoms with E-state index in [0.717, 1.165) is 120 Å². The Labute approximate surface area is 368 Å². The quantitative estimate of drug-likeness (QED) is 0.182. The molecule has 7 heterocycles. The van der Waals surface area contributed by atoms with Crippen molar-refractivity contribution >= 4 is 35.1 Å². The normalized spacial score (nSPS) is 23.0. The zero-order valence-electron chi connectivity index (χ0n) is 35.9. The molecule has 4 fully saturated rings. The maximum absolute atomic E-state index is 13.2. The van der Waals surface area contributed by atoms with Gasteiger partial charge in [0.2, 0.25) is 11.8 Å². The smallest absolute Gasteiger partial charge is 0.255 e. The summed E-state index contributed by atoms with van der Waals surface area (Å²) in [6.07, 6.45) is 6.25. The highest BCUT2D eigenvalue weighted by molar-refractivity contribution is 6.06. The number of piperidine rings is 3. The highest BCUT2D eigenvalue weighted by Crippen LogP contribution is 2.41. The van der Waals surface area contributed by atoms with Gasteiger partial charge in [-0.3, -0.25) is 29.4 Å². The number of benzene rings is 3. The minimum absolute atomic E-state index is 0.127. The molecule has 2 atom stereocenters. The van der Waals surface area contributed by atoms with Gasteiger partial charge in [0.25, 0.3) is 11.8 Å². The van der Waals surface area contributed by atoms with Crippen molar-refractivity contribution in [3.05, 3.63) is 89.5 Å². The molecule has 4 amide bonds. The molecule has 1 aromatic heterocycles. The number of hydrogen-bond acceptors (Lipinski definition) is 11. The van der Waals surface area contributed by atoms with E-state index in [2.05, 4.69) is 41.0 Å². The number of hydrogen-bond donors (Lipinski definition) is 3. The number of fused-ring (bicyclic) bond motifs is 2. The van der Waals surface area contributed by atoms with Gasteiger partial charge in [-0.1, -0.05) is 18.2 Å². The highest BCUT2D eigenvalue weighted by Gasteiger charge is 2.40. The molecule has 1 unspecified atom stereocenters. The van der Waals surface area contributed by atoms with Crippen LogP contribution in [0.1, 0.15) is 77.3 Å². The number of para-hydroxylation sites is 1. The van der Waals surface area contributed by atoms with Crippen molar-refractivity contribution in [3.63, 3.8) is 0 Å². The van der Waals surface area contributed by atoms with Crippen molar-refractivity contribution in [2.45, 2.75) is 69.6 Å². The van der Waals surface area contributed by atoms with Crippen molar-refractivity contribution in [2.24, 2.45) is 11.7 Å². The molecule has 0 spiro atoms. The lowest BCUT2D eigenvalue weighted by Crippen LogP contribution is -2.52. The second kappa shape index (κ2) is 17.8. The lowest BCUT2D eigenvalue weighted by Gasteiger charge is -2.44. The van der Waals surface area contributed by atoms with Crippen LogP contribution in [0, 0.1) is 5.92 Å². The maximum Gasteiger partial charge on any atom is 0.255 e. The number of amides is 4. The second-order valence-corrected chi connectivity index (χ2v) is 18.1. The number of imide groups is 1. The number of anilines is 2. The van der Waals surface area contributed by atoms with Crippen LogP contribution in [0.15, 0.2) is 72.8 Å². The fourth-order valence-electron chi connectivity index (χ4n) is 10.9. The van der Waals surface area contributed by atoms with Crippen LogP contribution in [0.2, 0.25) is 0 Å². The van der Waals surface area contributed by atoms with E-state index in [0.29, 0.717) is 47.5 Å². The Bertz CT molecular complexity index is 2330. The Balaban J connectivity index is 0.673. The number of carbonyl (C=O) groups is 4. The molecule has 0 aliphatic carbocycles. The zero-order chi connectivity index (χ0) is 43.0. The van der Waals surface area contributed by atoms with Crippen molar-refractivity contribution in [1.29, 1.82) is 0 Å². The summed E-state index contributed by atoms with van der Waals surface area (Å²) in [6, 6.07) is 23.7. The minimum atomic E-state index is -0.592. The van der Waals surface area contributed by atoms with Crippen LogP contribution >= 0.6 is 0 Å². The van der Waals surface area contributed by atoms with Gasteiger partial charge in [-0.15, -0.1) is 0 Å². The number of nitrogens with one attached hydrogen (secondary N) is 2. The highest BCUT2D eigenvalue weighted by atomic mass is 16.5. The Morgan fingerprint density at radius 2 is 1.49 bits per heavy atom. The fraction of sp³-hybridized carbons (Fsp3) is 0.479. The molecule has 3 aromatic carbocycles. The zero-order valence-corrected chi connectivity index (χ0v) is 35.9. The number of nitrogens with two attached hydrogens (primary N) is 1. The Kier molecular flexibility index (Phi) is 11.6. The second-order valence-electron chi connectivity index (χ2n) is 18.1. The number of rotatable bonds is 11. The molecule has 6 aliphatic rings. The number of carbonyl (C=O) groups excluding carboxylic acids is 4. The van der Waals surface area contributed by atoms with E-state index in [-0.39, 0.29) is 30.2 Å². The number of piperazine rings is 1. The number of nitrogens with zero attached hydrogens (tertiary/aromatic N) is 7. The summed E-state index contributed by atoms with van der Waals surface area (Å²) in [5, 5.41) is 10.9. The lowest BCUT2D eigenvalue weighted by molar-refractivity contribution is -0.136. The Morgan fingerprint density at radius 1 is 0.778 bits per heavy atom. The molecule has 4 N–H and O–H groups in total. The summed E-state index contributed by atoms with van der Waals surface area (Å²) in [5.41, 5.74) is 10.7. The standard InChI is InChI=1S/C48H58N10O5/c49-45(60)43-44(33-6-9-38(10-7-33)63-37-4-2-1-3-5-37)52-58-40(14-19-50-46(43)58)32-15-22-55(23-16-32)35-17-20-53(21-18-35)24-25-54-26-28-56(29-27-54)36-8-11-39-34(30-36)31-57(48(39)62)41-12-13-42(59)51-47(41)61/h1-11,30,32,35,40-41,50H,12-29,31H2,(H2,49,60)(H,51,59,61)/t40-,41?/m0/s1. The van der Waals surface area contributed by atoms with Gasteiger partial charge in [0.1, 0.15) is 34.6 Å². The average Bonchev–Trinajstić information content (AvgIpc) is 3.87. The number of ether oxygens (including phenoxy) is 1. The number of likely N-dealkylation sites (tertiary alicyclic amines) is 2. The molecule has 330 valence electrons. The molecule has 4 aromatic rings. The minimum Gasteiger partial charge on any atom is -0.457 e. The maximum atomic E-state index is 13.2. The van der Waals surface area contributed by atoms with Crippen LogP contribution in [0.4, 0.5) is 11.5 Å². The van der Waals surface area contributed by atoms with Crippen molar-refractivity contribution in [2.75, 3.05) is 82.2 Å². The summed E-state index contributed by atoms with van der Waals surface area (Å²) in [6.45, 7) is 11.7. The SMILES string of the molecule is NC(=O)c1c(-c2ccc(Oc3ccccc3)cc2)nn2c1NCC[C@H]2C1CCN(C2CCN(CCN3CCN(c4ccc5c(c4)CN(C4CCC(=O)NC4=O)C5=O)CC3)CC2)CC1. The largest absolute Gasteiger partial charge is 0.457 e. The van der Waals surface area contributed by atoms with E-state index in [9.17, 15) is 19.2 Å². The van der Waals surface area contributed by atoms with Crippen LogP contribution in [-0.4, -0.2) is 137 Å². The molecule has 0 saturated carbocycles. The van der Waals surface area contributed by atoms with Gasteiger partial charge < -0.3 is 35.4 Å². The molecule has 15 nitrogen and oxygen atoms in total. The van der Waals surface area contributed by atoms with Crippen molar-refractivity contribution in [3.8, 4) is 22.8 Å².